The summed E-state index contributed by atoms with van der Waals surface area (Å²) in [6.45, 7) is 3.63. The zero-order valence-corrected chi connectivity index (χ0v) is 14.3. The van der Waals surface area contributed by atoms with Gasteiger partial charge in [-0.25, -0.2) is 0 Å². The van der Waals surface area contributed by atoms with Crippen molar-refractivity contribution >= 4 is 5.91 Å². The third-order valence-corrected chi connectivity index (χ3v) is 3.77. The van der Waals surface area contributed by atoms with Crippen molar-refractivity contribution in [1.29, 1.82) is 0 Å². The number of nitrogens with zero attached hydrogens (tertiary/aromatic N) is 4. The Kier molecular flexibility index (Phi) is 4.74. The van der Waals surface area contributed by atoms with E-state index in [4.69, 9.17) is 4.74 Å². The Hall–Kier alpha value is -3.22. The molecule has 0 aliphatic carbocycles. The van der Waals surface area contributed by atoms with E-state index in [1.807, 2.05) is 49.4 Å². The lowest BCUT2D eigenvalue weighted by atomic mass is 10.2. The predicted octanol–water partition coefficient (Wildman–Crippen LogP) is 2.47. The van der Waals surface area contributed by atoms with E-state index in [-0.39, 0.29) is 11.9 Å². The Morgan fingerprint density at radius 1 is 1.16 bits per heavy atom. The van der Waals surface area contributed by atoms with Crippen molar-refractivity contribution in [3.63, 3.8) is 0 Å². The van der Waals surface area contributed by atoms with Crippen LogP contribution in [0.1, 0.15) is 34.8 Å². The maximum absolute atomic E-state index is 12.5. The highest BCUT2D eigenvalue weighted by Crippen LogP contribution is 2.15. The summed E-state index contributed by atoms with van der Waals surface area (Å²) < 4.78 is 5.09. The summed E-state index contributed by atoms with van der Waals surface area (Å²) in [6, 6.07) is 12.8. The van der Waals surface area contributed by atoms with Crippen LogP contribution in [-0.4, -0.2) is 33.0 Å². The van der Waals surface area contributed by atoms with Crippen molar-refractivity contribution in [2.45, 2.75) is 19.9 Å². The Labute approximate surface area is 145 Å². The van der Waals surface area contributed by atoms with Crippen LogP contribution < -0.4 is 10.1 Å². The van der Waals surface area contributed by atoms with Crippen molar-refractivity contribution in [2.75, 3.05) is 7.11 Å². The molecular formula is C18H19N5O2. The third-order valence-electron chi connectivity index (χ3n) is 3.77. The van der Waals surface area contributed by atoms with Gasteiger partial charge in [0.2, 0.25) is 0 Å². The van der Waals surface area contributed by atoms with Gasteiger partial charge in [0, 0.05) is 0 Å². The summed E-state index contributed by atoms with van der Waals surface area (Å²) in [6.07, 6.45) is 1.62. The normalized spacial score (nSPS) is 11.8. The number of ether oxygens (including phenoxy) is 1. The molecule has 3 rings (SSSR count). The lowest BCUT2D eigenvalue weighted by Crippen LogP contribution is -2.28. The van der Waals surface area contributed by atoms with Gasteiger partial charge in [-0.2, -0.15) is 9.90 Å². The summed E-state index contributed by atoms with van der Waals surface area (Å²) in [5, 5.41) is 11.5. The molecule has 0 bridgehead atoms. The van der Waals surface area contributed by atoms with Crippen LogP contribution in [0.4, 0.5) is 0 Å². The lowest BCUT2D eigenvalue weighted by molar-refractivity contribution is 0.0933. The molecule has 7 nitrogen and oxygen atoms in total. The standard InChI is InChI=1S/C18H19N5O2/c1-12(16-10-9-15(25-3)11-19-16)20-18(24)17-13(2)21-23(22-17)14-7-5-4-6-8-14/h4-12H,1-3H3,(H,20,24)/t12-/m1/s1. The molecule has 3 aromatic rings. The molecule has 1 N–H and O–H groups in total. The number of nitrogens with one attached hydrogen (secondary N) is 1. The van der Waals surface area contributed by atoms with Gasteiger partial charge in [-0.05, 0) is 38.1 Å². The van der Waals surface area contributed by atoms with Gasteiger partial charge in [-0.1, -0.05) is 18.2 Å². The molecule has 0 saturated carbocycles. The van der Waals surface area contributed by atoms with Crippen molar-refractivity contribution in [2.24, 2.45) is 0 Å². The minimum absolute atomic E-state index is 0.264. The quantitative estimate of drug-likeness (QED) is 0.773. The Morgan fingerprint density at radius 2 is 1.92 bits per heavy atom. The number of pyridine rings is 1. The summed E-state index contributed by atoms with van der Waals surface area (Å²) in [7, 11) is 1.58. The lowest BCUT2D eigenvalue weighted by Gasteiger charge is -2.12. The fraction of sp³-hybridized carbons (Fsp3) is 0.222. The van der Waals surface area contributed by atoms with E-state index >= 15 is 0 Å². The highest BCUT2D eigenvalue weighted by Gasteiger charge is 2.19. The number of carbonyl (C=O) groups excluding carboxylic acids is 1. The molecule has 0 aliphatic rings. The van der Waals surface area contributed by atoms with E-state index in [1.54, 1.807) is 20.2 Å². The first-order chi connectivity index (χ1) is 12.1. The number of aromatic nitrogens is 4. The maximum Gasteiger partial charge on any atom is 0.274 e. The Morgan fingerprint density at radius 3 is 2.56 bits per heavy atom. The summed E-state index contributed by atoms with van der Waals surface area (Å²) in [5.74, 6) is 0.383. The molecule has 128 valence electrons. The van der Waals surface area contributed by atoms with Crippen LogP contribution in [0, 0.1) is 6.92 Å². The molecule has 2 aromatic heterocycles. The van der Waals surface area contributed by atoms with Gasteiger partial charge >= 0.3 is 0 Å². The number of rotatable bonds is 5. The van der Waals surface area contributed by atoms with Crippen LogP contribution >= 0.6 is 0 Å². The van der Waals surface area contributed by atoms with E-state index in [0.29, 0.717) is 17.1 Å². The van der Waals surface area contributed by atoms with Gasteiger partial charge < -0.3 is 10.1 Å². The Balaban J connectivity index is 1.75. The highest BCUT2D eigenvalue weighted by atomic mass is 16.5. The molecule has 0 aliphatic heterocycles. The first kappa shape index (κ1) is 16.6. The molecule has 0 unspecified atom stereocenters. The monoisotopic (exact) mass is 337 g/mol. The molecule has 25 heavy (non-hydrogen) atoms. The molecule has 0 fully saturated rings. The van der Waals surface area contributed by atoms with Crippen molar-refractivity contribution in [3.05, 3.63) is 65.7 Å². The summed E-state index contributed by atoms with van der Waals surface area (Å²) in [5.41, 5.74) is 2.40. The van der Waals surface area contributed by atoms with Crippen LogP contribution in [0.15, 0.2) is 48.7 Å². The van der Waals surface area contributed by atoms with Gasteiger partial charge in [0.1, 0.15) is 5.75 Å². The zero-order chi connectivity index (χ0) is 17.8. The molecule has 0 spiro atoms. The second-order valence-electron chi connectivity index (χ2n) is 5.58. The topological polar surface area (TPSA) is 81.9 Å². The first-order valence-corrected chi connectivity index (χ1v) is 7.88. The fourth-order valence-electron chi connectivity index (χ4n) is 2.37. The molecule has 7 heteroatoms. The van der Waals surface area contributed by atoms with Gasteiger partial charge in [0.05, 0.1) is 36.4 Å². The molecular weight excluding hydrogens is 318 g/mol. The molecule has 0 radical (unpaired) electrons. The second kappa shape index (κ2) is 7.12. The van der Waals surface area contributed by atoms with E-state index in [9.17, 15) is 4.79 Å². The van der Waals surface area contributed by atoms with Gasteiger partial charge in [0.15, 0.2) is 5.69 Å². The molecule has 1 amide bonds. The fourth-order valence-corrected chi connectivity index (χ4v) is 2.37. The number of carbonyl (C=O) groups is 1. The third kappa shape index (κ3) is 3.65. The zero-order valence-electron chi connectivity index (χ0n) is 14.3. The number of para-hydroxylation sites is 1. The number of benzene rings is 1. The highest BCUT2D eigenvalue weighted by molar-refractivity contribution is 5.93. The smallest absolute Gasteiger partial charge is 0.274 e. The maximum atomic E-state index is 12.5. The van der Waals surface area contributed by atoms with E-state index in [2.05, 4.69) is 20.5 Å². The number of methoxy groups -OCH3 is 1. The predicted molar refractivity (Wildman–Crippen MR) is 92.8 cm³/mol. The minimum Gasteiger partial charge on any atom is -0.495 e. The average molecular weight is 337 g/mol. The van der Waals surface area contributed by atoms with Gasteiger partial charge in [-0.15, -0.1) is 5.10 Å². The van der Waals surface area contributed by atoms with Crippen LogP contribution in [0.3, 0.4) is 0 Å². The van der Waals surface area contributed by atoms with Gasteiger partial charge in [0.25, 0.3) is 5.91 Å². The van der Waals surface area contributed by atoms with E-state index in [1.165, 1.54) is 4.80 Å². The second-order valence-corrected chi connectivity index (χ2v) is 5.58. The van der Waals surface area contributed by atoms with E-state index in [0.717, 1.165) is 11.4 Å². The summed E-state index contributed by atoms with van der Waals surface area (Å²) in [4.78, 5) is 18.3. The molecule has 1 atom stereocenters. The van der Waals surface area contributed by atoms with Crippen molar-refractivity contribution < 1.29 is 9.53 Å². The van der Waals surface area contributed by atoms with Crippen LogP contribution in [0.25, 0.3) is 5.69 Å². The number of hydrogen-bond donors (Lipinski definition) is 1. The van der Waals surface area contributed by atoms with Crippen molar-refractivity contribution in [1.82, 2.24) is 25.3 Å². The number of aryl methyl sites for hydroxylation is 1. The SMILES string of the molecule is COc1ccc([C@@H](C)NC(=O)c2nn(-c3ccccc3)nc2C)nc1. The van der Waals surface area contributed by atoms with Gasteiger partial charge in [-0.3, -0.25) is 9.78 Å². The van der Waals surface area contributed by atoms with E-state index < -0.39 is 0 Å². The van der Waals surface area contributed by atoms with Crippen LogP contribution in [0.5, 0.6) is 5.75 Å². The Bertz CT molecular complexity index is 859. The molecule has 1 aromatic carbocycles. The first-order valence-electron chi connectivity index (χ1n) is 7.88. The molecule has 2 heterocycles. The molecule has 0 saturated heterocycles. The van der Waals surface area contributed by atoms with Crippen molar-refractivity contribution in [3.8, 4) is 11.4 Å². The largest absolute Gasteiger partial charge is 0.495 e. The average Bonchev–Trinajstić information content (AvgIpc) is 3.04. The summed E-state index contributed by atoms with van der Waals surface area (Å²) >= 11 is 0. The number of amides is 1. The van der Waals surface area contributed by atoms with Crippen LogP contribution in [0.2, 0.25) is 0 Å². The van der Waals surface area contributed by atoms with Crippen LogP contribution in [-0.2, 0) is 0 Å². The minimum atomic E-state index is -0.287. The number of hydrogen-bond acceptors (Lipinski definition) is 5.